The standard InChI is InChI=1S/C37H30BrN3O5S2/c1-23-11-15-25(16-12-23)30-21-48-36(33(30)37(45)46-2)41-32(42)22-47-29-10-6-9-28(20-29)39-35(44)31(19-24-13-17-27(38)18-14-24)40-34(43)26-7-4-3-5-8-26/h3-21H,22H2,1-2H3,(H,39,44)(H,40,43)(H,41,42)/b31-19-. The van der Waals surface area contributed by atoms with Crippen LogP contribution in [-0.4, -0.2) is 36.6 Å². The van der Waals surface area contributed by atoms with Gasteiger partial charge in [0.2, 0.25) is 5.91 Å². The zero-order valence-corrected chi connectivity index (χ0v) is 29.1. The minimum absolute atomic E-state index is 0.0532. The number of aryl methyl sites for hydroxylation is 1. The molecule has 0 fully saturated rings. The van der Waals surface area contributed by atoms with Crippen molar-refractivity contribution >= 4 is 79.5 Å². The van der Waals surface area contributed by atoms with E-state index in [-0.39, 0.29) is 17.4 Å². The van der Waals surface area contributed by atoms with E-state index in [2.05, 4.69) is 31.9 Å². The highest BCUT2D eigenvalue weighted by molar-refractivity contribution is 9.10. The Morgan fingerprint density at radius 3 is 2.31 bits per heavy atom. The summed E-state index contributed by atoms with van der Waals surface area (Å²) in [5.74, 6) is -1.72. The second kappa shape index (κ2) is 16.2. The molecular formula is C37H30BrN3O5S2. The predicted molar refractivity (Wildman–Crippen MR) is 196 cm³/mol. The van der Waals surface area contributed by atoms with E-state index in [9.17, 15) is 19.2 Å². The van der Waals surface area contributed by atoms with Crippen molar-refractivity contribution in [1.82, 2.24) is 5.32 Å². The van der Waals surface area contributed by atoms with Crippen molar-refractivity contribution < 1.29 is 23.9 Å². The van der Waals surface area contributed by atoms with Gasteiger partial charge in [0.15, 0.2) is 0 Å². The smallest absolute Gasteiger partial charge is 0.341 e. The molecule has 0 saturated heterocycles. The van der Waals surface area contributed by atoms with Gasteiger partial charge in [-0.1, -0.05) is 82.2 Å². The van der Waals surface area contributed by atoms with Gasteiger partial charge in [0.1, 0.15) is 16.3 Å². The molecule has 0 saturated carbocycles. The molecule has 48 heavy (non-hydrogen) atoms. The fourth-order valence-electron chi connectivity index (χ4n) is 4.54. The third kappa shape index (κ3) is 9.09. The van der Waals surface area contributed by atoms with E-state index >= 15 is 0 Å². The third-order valence-electron chi connectivity index (χ3n) is 6.97. The van der Waals surface area contributed by atoms with Crippen LogP contribution < -0.4 is 16.0 Å². The van der Waals surface area contributed by atoms with Crippen LogP contribution in [0.2, 0.25) is 0 Å². The van der Waals surface area contributed by atoms with Crippen LogP contribution in [0.5, 0.6) is 0 Å². The minimum atomic E-state index is -0.535. The van der Waals surface area contributed by atoms with E-state index in [1.165, 1.54) is 30.2 Å². The number of methoxy groups -OCH3 is 1. The molecule has 242 valence electrons. The molecule has 5 rings (SSSR count). The number of benzene rings is 4. The van der Waals surface area contributed by atoms with Gasteiger partial charge in [-0.2, -0.15) is 0 Å². The van der Waals surface area contributed by atoms with Crippen LogP contribution >= 0.6 is 39.0 Å². The van der Waals surface area contributed by atoms with E-state index in [1.54, 1.807) is 54.6 Å². The van der Waals surface area contributed by atoms with Crippen LogP contribution in [0, 0.1) is 6.92 Å². The molecule has 0 bridgehead atoms. The lowest BCUT2D eigenvalue weighted by Gasteiger charge is -2.12. The van der Waals surface area contributed by atoms with Crippen LogP contribution in [-0.2, 0) is 14.3 Å². The molecule has 1 aromatic heterocycles. The number of hydrogen-bond acceptors (Lipinski definition) is 7. The van der Waals surface area contributed by atoms with E-state index in [0.29, 0.717) is 27.4 Å². The molecule has 0 aliphatic rings. The number of rotatable bonds is 11. The first-order valence-corrected chi connectivity index (χ1v) is 17.3. The van der Waals surface area contributed by atoms with Crippen LogP contribution in [0.4, 0.5) is 10.7 Å². The van der Waals surface area contributed by atoms with Gasteiger partial charge in [-0.3, -0.25) is 14.4 Å². The van der Waals surface area contributed by atoms with Crippen LogP contribution in [0.15, 0.2) is 124 Å². The van der Waals surface area contributed by atoms with Gasteiger partial charge >= 0.3 is 5.97 Å². The summed E-state index contributed by atoms with van der Waals surface area (Å²) in [6.07, 6.45) is 1.60. The number of halogens is 1. The summed E-state index contributed by atoms with van der Waals surface area (Å²) in [6.45, 7) is 1.98. The Bertz CT molecular complexity index is 1970. The largest absolute Gasteiger partial charge is 0.465 e. The van der Waals surface area contributed by atoms with Gasteiger partial charge in [-0.05, 0) is 66.6 Å². The summed E-state index contributed by atoms with van der Waals surface area (Å²) < 4.78 is 5.91. The maximum Gasteiger partial charge on any atom is 0.341 e. The summed E-state index contributed by atoms with van der Waals surface area (Å²) in [6, 6.07) is 30.8. The van der Waals surface area contributed by atoms with Gasteiger partial charge < -0.3 is 20.7 Å². The van der Waals surface area contributed by atoms with Gasteiger partial charge in [0.25, 0.3) is 11.8 Å². The summed E-state index contributed by atoms with van der Waals surface area (Å²) in [5, 5.41) is 10.7. The lowest BCUT2D eigenvalue weighted by molar-refractivity contribution is -0.114. The average Bonchev–Trinajstić information content (AvgIpc) is 3.51. The van der Waals surface area contributed by atoms with Crippen LogP contribution in [0.25, 0.3) is 17.2 Å². The van der Waals surface area contributed by atoms with E-state index in [0.717, 1.165) is 26.1 Å². The van der Waals surface area contributed by atoms with Gasteiger partial charge in [-0.15, -0.1) is 23.1 Å². The molecule has 0 unspecified atom stereocenters. The van der Waals surface area contributed by atoms with Crippen molar-refractivity contribution in [2.24, 2.45) is 0 Å². The highest BCUT2D eigenvalue weighted by atomic mass is 79.9. The molecule has 0 spiro atoms. The number of carbonyl (C=O) groups is 4. The molecular weight excluding hydrogens is 710 g/mol. The molecule has 0 aliphatic carbocycles. The van der Waals surface area contributed by atoms with E-state index in [1.807, 2.05) is 66.9 Å². The zero-order valence-electron chi connectivity index (χ0n) is 25.9. The third-order valence-corrected chi connectivity index (χ3v) is 9.39. The molecule has 3 amide bonds. The molecule has 0 atom stereocenters. The first kappa shape index (κ1) is 34.4. The summed E-state index contributed by atoms with van der Waals surface area (Å²) in [7, 11) is 1.31. The second-order valence-corrected chi connectivity index (χ2v) is 13.3. The van der Waals surface area contributed by atoms with Crippen molar-refractivity contribution in [2.45, 2.75) is 11.8 Å². The second-order valence-electron chi connectivity index (χ2n) is 10.5. The predicted octanol–water partition coefficient (Wildman–Crippen LogP) is 8.41. The fourth-order valence-corrected chi connectivity index (χ4v) is 6.53. The Morgan fingerprint density at radius 1 is 0.875 bits per heavy atom. The molecule has 0 radical (unpaired) electrons. The minimum Gasteiger partial charge on any atom is -0.465 e. The molecule has 8 nitrogen and oxygen atoms in total. The van der Waals surface area contributed by atoms with Crippen molar-refractivity contribution in [3.05, 3.63) is 141 Å². The Morgan fingerprint density at radius 2 is 1.60 bits per heavy atom. The topological polar surface area (TPSA) is 114 Å². The molecule has 4 aromatic carbocycles. The van der Waals surface area contributed by atoms with Crippen molar-refractivity contribution in [3.63, 3.8) is 0 Å². The maximum atomic E-state index is 13.5. The summed E-state index contributed by atoms with van der Waals surface area (Å²) in [4.78, 5) is 52.8. The van der Waals surface area contributed by atoms with Crippen molar-refractivity contribution in [1.29, 1.82) is 0 Å². The normalized spacial score (nSPS) is 11.0. The number of esters is 1. The highest BCUT2D eigenvalue weighted by Crippen LogP contribution is 2.36. The number of thioether (sulfide) groups is 1. The Hall–Kier alpha value is -4.97. The van der Waals surface area contributed by atoms with Gasteiger partial charge in [0.05, 0.1) is 12.9 Å². The number of thiophene rings is 1. The van der Waals surface area contributed by atoms with Crippen LogP contribution in [0.3, 0.4) is 0 Å². The summed E-state index contributed by atoms with van der Waals surface area (Å²) >= 11 is 5.94. The molecule has 1 heterocycles. The Balaban J connectivity index is 1.26. The molecule has 3 N–H and O–H groups in total. The Labute approximate surface area is 294 Å². The number of anilines is 2. The van der Waals surface area contributed by atoms with Gasteiger partial charge in [0, 0.05) is 31.6 Å². The first-order chi connectivity index (χ1) is 23.2. The zero-order chi connectivity index (χ0) is 34.0. The van der Waals surface area contributed by atoms with Crippen molar-refractivity contribution in [2.75, 3.05) is 23.5 Å². The first-order valence-electron chi connectivity index (χ1n) is 14.6. The number of nitrogens with one attached hydrogen (secondary N) is 3. The lowest BCUT2D eigenvalue weighted by atomic mass is 10.0. The molecule has 5 aromatic rings. The Kier molecular flexibility index (Phi) is 11.6. The molecule has 11 heteroatoms. The average molecular weight is 741 g/mol. The molecule has 0 aliphatic heterocycles. The van der Waals surface area contributed by atoms with Crippen molar-refractivity contribution in [3.8, 4) is 11.1 Å². The number of ether oxygens (including phenoxy) is 1. The maximum absolute atomic E-state index is 13.5. The highest BCUT2D eigenvalue weighted by Gasteiger charge is 2.22. The number of carbonyl (C=O) groups excluding carboxylic acids is 4. The van der Waals surface area contributed by atoms with Crippen LogP contribution in [0.1, 0.15) is 31.8 Å². The van der Waals surface area contributed by atoms with E-state index in [4.69, 9.17) is 4.74 Å². The quantitative estimate of drug-likeness (QED) is 0.0713. The SMILES string of the molecule is COC(=O)c1c(-c2ccc(C)cc2)csc1NC(=O)CSc1cccc(NC(=O)/C(=C/c2ccc(Br)cc2)NC(=O)c2ccccc2)c1. The lowest BCUT2D eigenvalue weighted by Crippen LogP contribution is -2.30. The fraction of sp³-hybridized carbons (Fsp3) is 0.0811. The van der Waals surface area contributed by atoms with E-state index < -0.39 is 17.8 Å². The number of hydrogen-bond donors (Lipinski definition) is 3. The van der Waals surface area contributed by atoms with Gasteiger partial charge in [-0.25, -0.2) is 4.79 Å². The number of amides is 3. The monoisotopic (exact) mass is 739 g/mol. The summed E-state index contributed by atoms with van der Waals surface area (Å²) in [5.41, 5.74) is 4.61.